The first-order valence-electron chi connectivity index (χ1n) is 10.6. The lowest BCUT2D eigenvalue weighted by Crippen LogP contribution is -1.78. The normalized spacial score (nSPS) is 12.1. The third-order valence-electron chi connectivity index (χ3n) is 5.72. The van der Waals surface area contributed by atoms with Gasteiger partial charge in [-0.05, 0) is 82.9 Å². The van der Waals surface area contributed by atoms with E-state index in [9.17, 15) is 0 Å². The number of hydrogen-bond donors (Lipinski definition) is 0. The maximum Gasteiger partial charge on any atom is 0.134 e. The molecule has 0 saturated carbocycles. The standard InChI is InChI=1S/C26H26O2/c1-3-5-7-23-13-21-11-17-9-18-12-22-14-24(8-6-4-2)28-26(22)16-20(18)10-19(17)15-25(21)27-23/h9-16H,3-8H2,1-2H3. The fourth-order valence-electron chi connectivity index (χ4n) is 4.13. The van der Waals surface area contributed by atoms with Gasteiger partial charge in [-0.25, -0.2) is 0 Å². The van der Waals surface area contributed by atoms with Crippen molar-refractivity contribution in [1.82, 2.24) is 0 Å². The average molecular weight is 370 g/mol. The molecule has 0 fully saturated rings. The SMILES string of the molecule is CCCCc1cc2cc3cc4cc5cc(CCCC)oc5cc4cc3cc2o1. The molecule has 0 bridgehead atoms. The number of hydrogen-bond acceptors (Lipinski definition) is 2. The number of benzene rings is 3. The van der Waals surface area contributed by atoms with Crippen LogP contribution in [-0.4, -0.2) is 0 Å². The van der Waals surface area contributed by atoms with Gasteiger partial charge in [-0.3, -0.25) is 0 Å². The van der Waals surface area contributed by atoms with Crippen LogP contribution in [0, 0.1) is 0 Å². The van der Waals surface area contributed by atoms with E-state index in [4.69, 9.17) is 8.83 Å². The molecule has 2 nitrogen and oxygen atoms in total. The topological polar surface area (TPSA) is 26.3 Å². The lowest BCUT2D eigenvalue weighted by Gasteiger charge is -2.03. The van der Waals surface area contributed by atoms with Gasteiger partial charge in [0.05, 0.1) is 0 Å². The fourth-order valence-corrected chi connectivity index (χ4v) is 4.13. The zero-order valence-electron chi connectivity index (χ0n) is 16.7. The lowest BCUT2D eigenvalue weighted by atomic mass is 10.0. The second-order valence-corrected chi connectivity index (χ2v) is 7.96. The van der Waals surface area contributed by atoms with Crippen LogP contribution in [0.25, 0.3) is 43.5 Å². The summed E-state index contributed by atoms with van der Waals surface area (Å²) in [6.45, 7) is 4.43. The lowest BCUT2D eigenvalue weighted by molar-refractivity contribution is 0.536. The molecule has 142 valence electrons. The Bertz CT molecular complexity index is 1100. The van der Waals surface area contributed by atoms with Crippen molar-refractivity contribution in [2.75, 3.05) is 0 Å². The van der Waals surface area contributed by atoms with Gasteiger partial charge in [0.25, 0.3) is 0 Å². The monoisotopic (exact) mass is 370 g/mol. The summed E-state index contributed by atoms with van der Waals surface area (Å²) in [5.74, 6) is 2.18. The van der Waals surface area contributed by atoms with Crippen LogP contribution in [0.5, 0.6) is 0 Å². The number of aryl methyl sites for hydroxylation is 2. The van der Waals surface area contributed by atoms with Gasteiger partial charge in [0, 0.05) is 23.6 Å². The highest BCUT2D eigenvalue weighted by atomic mass is 16.3. The van der Waals surface area contributed by atoms with Gasteiger partial charge in [0.1, 0.15) is 22.7 Å². The molecule has 28 heavy (non-hydrogen) atoms. The molecule has 0 N–H and O–H groups in total. The summed E-state index contributed by atoms with van der Waals surface area (Å²) in [4.78, 5) is 0. The van der Waals surface area contributed by atoms with Gasteiger partial charge in [-0.15, -0.1) is 0 Å². The molecule has 0 aliphatic heterocycles. The van der Waals surface area contributed by atoms with Crippen molar-refractivity contribution in [3.63, 3.8) is 0 Å². The summed E-state index contributed by atoms with van der Waals surface area (Å²) in [5, 5.41) is 7.35. The Balaban J connectivity index is 1.62. The van der Waals surface area contributed by atoms with E-state index >= 15 is 0 Å². The minimum absolute atomic E-state index is 0.985. The van der Waals surface area contributed by atoms with Crippen LogP contribution in [0.15, 0.2) is 57.4 Å². The smallest absolute Gasteiger partial charge is 0.134 e. The third kappa shape index (κ3) is 3.07. The van der Waals surface area contributed by atoms with Gasteiger partial charge in [-0.1, -0.05) is 26.7 Å². The summed E-state index contributed by atoms with van der Waals surface area (Å²) < 4.78 is 12.2. The highest BCUT2D eigenvalue weighted by molar-refractivity contribution is 6.06. The van der Waals surface area contributed by atoms with Gasteiger partial charge in [0.2, 0.25) is 0 Å². The molecule has 5 aromatic rings. The molecule has 2 aromatic heterocycles. The van der Waals surface area contributed by atoms with Crippen LogP contribution < -0.4 is 0 Å². The Hall–Kier alpha value is -2.74. The summed E-state index contributed by atoms with van der Waals surface area (Å²) >= 11 is 0. The van der Waals surface area contributed by atoms with Crippen LogP contribution in [0.3, 0.4) is 0 Å². The molecule has 5 rings (SSSR count). The predicted octanol–water partition coefficient (Wildman–Crippen LogP) is 8.17. The molecule has 0 saturated heterocycles. The first kappa shape index (κ1) is 17.4. The molecule has 0 aliphatic carbocycles. The molecule has 3 aromatic carbocycles. The summed E-state index contributed by atoms with van der Waals surface area (Å²) in [6.07, 6.45) is 6.74. The largest absolute Gasteiger partial charge is 0.461 e. The maximum atomic E-state index is 6.08. The van der Waals surface area contributed by atoms with Crippen molar-refractivity contribution >= 4 is 43.5 Å². The maximum absolute atomic E-state index is 6.08. The Morgan fingerprint density at radius 3 is 1.32 bits per heavy atom. The Labute approximate surface area is 165 Å². The molecule has 2 heterocycles. The van der Waals surface area contributed by atoms with Gasteiger partial charge in [0.15, 0.2) is 0 Å². The van der Waals surface area contributed by atoms with E-state index in [1.807, 2.05) is 0 Å². The Kier molecular flexibility index (Phi) is 4.35. The Morgan fingerprint density at radius 1 is 0.500 bits per heavy atom. The zero-order chi connectivity index (χ0) is 19.1. The molecule has 2 heteroatoms. The van der Waals surface area contributed by atoms with E-state index in [-0.39, 0.29) is 0 Å². The van der Waals surface area contributed by atoms with Crippen molar-refractivity contribution < 1.29 is 8.83 Å². The predicted molar refractivity (Wildman–Crippen MR) is 118 cm³/mol. The number of fused-ring (bicyclic) bond motifs is 4. The molecule has 0 spiro atoms. The average Bonchev–Trinajstić information content (AvgIpc) is 3.27. The molecule has 0 aliphatic rings. The van der Waals surface area contributed by atoms with Gasteiger partial charge in [-0.2, -0.15) is 0 Å². The van der Waals surface area contributed by atoms with Crippen molar-refractivity contribution in [2.24, 2.45) is 0 Å². The van der Waals surface area contributed by atoms with Gasteiger partial charge >= 0.3 is 0 Å². The van der Waals surface area contributed by atoms with E-state index in [0.717, 1.165) is 35.5 Å². The summed E-state index contributed by atoms with van der Waals surface area (Å²) in [6, 6.07) is 17.8. The van der Waals surface area contributed by atoms with Crippen molar-refractivity contribution in [3.8, 4) is 0 Å². The molecule has 0 radical (unpaired) electrons. The molecular weight excluding hydrogens is 344 g/mol. The van der Waals surface area contributed by atoms with Crippen LogP contribution in [0.1, 0.15) is 51.1 Å². The quantitative estimate of drug-likeness (QED) is 0.282. The first-order chi connectivity index (χ1) is 13.7. The highest BCUT2D eigenvalue weighted by Crippen LogP contribution is 2.32. The third-order valence-corrected chi connectivity index (χ3v) is 5.72. The van der Waals surface area contributed by atoms with E-state index in [0.29, 0.717) is 0 Å². The fraction of sp³-hybridized carbons (Fsp3) is 0.308. The summed E-state index contributed by atoms with van der Waals surface area (Å²) in [5.41, 5.74) is 1.97. The van der Waals surface area contributed by atoms with Crippen molar-refractivity contribution in [1.29, 1.82) is 0 Å². The summed E-state index contributed by atoms with van der Waals surface area (Å²) in [7, 11) is 0. The van der Waals surface area contributed by atoms with Gasteiger partial charge < -0.3 is 8.83 Å². The van der Waals surface area contributed by atoms with Crippen molar-refractivity contribution in [2.45, 2.75) is 52.4 Å². The first-order valence-corrected chi connectivity index (χ1v) is 10.6. The van der Waals surface area contributed by atoms with Crippen LogP contribution in [-0.2, 0) is 12.8 Å². The number of rotatable bonds is 6. The zero-order valence-corrected chi connectivity index (χ0v) is 16.7. The van der Waals surface area contributed by atoms with Crippen LogP contribution in [0.2, 0.25) is 0 Å². The minimum atomic E-state index is 0.985. The molecule has 0 amide bonds. The van der Waals surface area contributed by atoms with Crippen molar-refractivity contribution in [3.05, 3.63) is 60.1 Å². The van der Waals surface area contributed by atoms with Crippen LogP contribution in [0.4, 0.5) is 0 Å². The van der Waals surface area contributed by atoms with E-state index in [1.54, 1.807) is 0 Å². The molecule has 0 unspecified atom stereocenters. The second-order valence-electron chi connectivity index (χ2n) is 7.96. The van der Waals surface area contributed by atoms with E-state index in [1.165, 1.54) is 58.0 Å². The second kappa shape index (κ2) is 7.01. The highest BCUT2D eigenvalue weighted by Gasteiger charge is 2.09. The molecular formula is C26H26O2. The van der Waals surface area contributed by atoms with E-state index < -0.39 is 0 Å². The minimum Gasteiger partial charge on any atom is -0.461 e. The number of unbranched alkanes of at least 4 members (excludes halogenated alkanes) is 2. The molecule has 0 atom stereocenters. The Morgan fingerprint density at radius 2 is 0.893 bits per heavy atom. The number of furan rings is 2. The van der Waals surface area contributed by atoms with Crippen LogP contribution >= 0.6 is 0 Å². The van der Waals surface area contributed by atoms with E-state index in [2.05, 4.69) is 62.4 Å².